The minimum Gasteiger partial charge on any atom is -0.496 e. The lowest BCUT2D eigenvalue weighted by Crippen LogP contribution is -2.03. The second-order valence-electron chi connectivity index (χ2n) is 4.14. The van der Waals surface area contributed by atoms with E-state index in [-0.39, 0.29) is 5.78 Å². The first-order chi connectivity index (χ1) is 8.61. The first-order valence-electron chi connectivity index (χ1n) is 5.66. The van der Waals surface area contributed by atoms with Crippen LogP contribution in [0.2, 0.25) is 0 Å². The van der Waals surface area contributed by atoms with Crippen LogP contribution in [0.4, 0.5) is 5.69 Å². The van der Waals surface area contributed by atoms with Gasteiger partial charge in [0, 0.05) is 16.8 Å². The molecular weight excluding hydrogens is 226 g/mol. The van der Waals surface area contributed by atoms with E-state index < -0.39 is 0 Å². The Morgan fingerprint density at radius 1 is 1.11 bits per heavy atom. The molecule has 0 aliphatic heterocycles. The zero-order valence-corrected chi connectivity index (χ0v) is 10.4. The average molecular weight is 241 g/mol. The van der Waals surface area contributed by atoms with Crippen LogP contribution < -0.4 is 10.5 Å². The predicted octanol–water partition coefficient (Wildman–Crippen LogP) is 2.82. The predicted molar refractivity (Wildman–Crippen MR) is 72.0 cm³/mol. The Morgan fingerprint density at radius 2 is 1.83 bits per heavy atom. The molecule has 0 saturated heterocycles. The van der Waals surface area contributed by atoms with Crippen molar-refractivity contribution in [2.45, 2.75) is 6.92 Å². The third kappa shape index (κ3) is 2.35. The highest BCUT2D eigenvalue weighted by atomic mass is 16.5. The molecule has 0 radical (unpaired) electrons. The number of nitrogens with two attached hydrogens (primary N) is 1. The summed E-state index contributed by atoms with van der Waals surface area (Å²) in [5.41, 5.74) is 8.44. The van der Waals surface area contributed by atoms with Crippen LogP contribution in [0.1, 0.15) is 21.5 Å². The van der Waals surface area contributed by atoms with Crippen molar-refractivity contribution in [3.05, 3.63) is 59.2 Å². The Balaban J connectivity index is 2.37. The maximum Gasteiger partial charge on any atom is 0.193 e. The molecule has 0 bridgehead atoms. The number of benzene rings is 2. The average Bonchev–Trinajstić information content (AvgIpc) is 2.37. The fraction of sp³-hybridized carbons (Fsp3) is 0.133. The molecule has 0 spiro atoms. The van der Waals surface area contributed by atoms with Gasteiger partial charge in [-0.1, -0.05) is 12.1 Å². The number of ketones is 1. The van der Waals surface area contributed by atoms with Crippen molar-refractivity contribution in [3.8, 4) is 5.75 Å². The molecule has 0 aliphatic carbocycles. The summed E-state index contributed by atoms with van der Waals surface area (Å²) in [4.78, 5) is 12.3. The third-order valence-corrected chi connectivity index (χ3v) is 2.81. The Kier molecular flexibility index (Phi) is 3.33. The molecule has 2 aromatic rings. The van der Waals surface area contributed by atoms with Gasteiger partial charge < -0.3 is 10.5 Å². The number of carbonyl (C=O) groups is 1. The summed E-state index contributed by atoms with van der Waals surface area (Å²) in [6.07, 6.45) is 0. The largest absolute Gasteiger partial charge is 0.496 e. The molecule has 0 aromatic heterocycles. The lowest BCUT2D eigenvalue weighted by molar-refractivity contribution is 0.103. The minimum absolute atomic E-state index is 0.0342. The van der Waals surface area contributed by atoms with Crippen molar-refractivity contribution in [2.75, 3.05) is 12.8 Å². The standard InChI is InChI=1S/C15H15NO2/c1-10-8-12(6-7-14(10)18-2)15(17)11-4-3-5-13(16)9-11/h3-9H,16H2,1-2H3. The van der Waals surface area contributed by atoms with Crippen LogP contribution in [0, 0.1) is 6.92 Å². The number of nitrogen functional groups attached to an aromatic ring is 1. The summed E-state index contributed by atoms with van der Waals surface area (Å²) in [6.45, 7) is 1.91. The summed E-state index contributed by atoms with van der Waals surface area (Å²) >= 11 is 0. The van der Waals surface area contributed by atoms with Crippen LogP contribution in [0.15, 0.2) is 42.5 Å². The highest BCUT2D eigenvalue weighted by molar-refractivity contribution is 6.09. The Labute approximate surface area is 106 Å². The Hall–Kier alpha value is -2.29. The van der Waals surface area contributed by atoms with Gasteiger partial charge in [-0.05, 0) is 42.8 Å². The van der Waals surface area contributed by atoms with Crippen LogP contribution in [0.25, 0.3) is 0 Å². The summed E-state index contributed by atoms with van der Waals surface area (Å²) in [5.74, 6) is 0.743. The van der Waals surface area contributed by atoms with Gasteiger partial charge >= 0.3 is 0 Å². The van der Waals surface area contributed by atoms with Gasteiger partial charge in [-0.3, -0.25) is 4.79 Å². The van der Waals surface area contributed by atoms with E-state index in [1.54, 1.807) is 43.5 Å². The molecule has 0 fully saturated rings. The number of ether oxygens (including phenoxy) is 1. The van der Waals surface area contributed by atoms with Gasteiger partial charge in [0.1, 0.15) is 5.75 Å². The van der Waals surface area contributed by atoms with Crippen LogP contribution in [0.5, 0.6) is 5.75 Å². The number of anilines is 1. The van der Waals surface area contributed by atoms with Crippen molar-refractivity contribution in [2.24, 2.45) is 0 Å². The zero-order valence-electron chi connectivity index (χ0n) is 10.4. The number of rotatable bonds is 3. The number of hydrogen-bond donors (Lipinski definition) is 1. The van der Waals surface area contributed by atoms with Gasteiger partial charge in [0.2, 0.25) is 0 Å². The molecule has 0 aliphatic rings. The molecule has 18 heavy (non-hydrogen) atoms. The Bertz CT molecular complexity index is 591. The van der Waals surface area contributed by atoms with E-state index in [0.29, 0.717) is 16.8 Å². The van der Waals surface area contributed by atoms with Crippen molar-refractivity contribution in [3.63, 3.8) is 0 Å². The number of methoxy groups -OCH3 is 1. The lowest BCUT2D eigenvalue weighted by atomic mass is 10.0. The van der Waals surface area contributed by atoms with Crippen molar-refractivity contribution in [1.29, 1.82) is 0 Å². The molecule has 2 rings (SSSR count). The quantitative estimate of drug-likeness (QED) is 0.664. The van der Waals surface area contributed by atoms with E-state index in [0.717, 1.165) is 11.3 Å². The van der Waals surface area contributed by atoms with Gasteiger partial charge in [0.15, 0.2) is 5.78 Å². The maximum absolute atomic E-state index is 12.3. The SMILES string of the molecule is COc1ccc(C(=O)c2cccc(N)c2)cc1C. The molecule has 0 saturated carbocycles. The molecule has 2 N–H and O–H groups in total. The second-order valence-corrected chi connectivity index (χ2v) is 4.14. The molecule has 0 unspecified atom stereocenters. The number of aryl methyl sites for hydroxylation is 1. The fourth-order valence-corrected chi connectivity index (χ4v) is 1.87. The monoisotopic (exact) mass is 241 g/mol. The van der Waals surface area contributed by atoms with Gasteiger partial charge in [-0.2, -0.15) is 0 Å². The van der Waals surface area contributed by atoms with E-state index in [1.807, 2.05) is 13.0 Å². The molecule has 2 aromatic carbocycles. The summed E-state index contributed by atoms with van der Waals surface area (Å²) in [6, 6.07) is 12.4. The van der Waals surface area contributed by atoms with Gasteiger partial charge in [-0.25, -0.2) is 0 Å². The van der Waals surface area contributed by atoms with Gasteiger partial charge in [0.25, 0.3) is 0 Å². The van der Waals surface area contributed by atoms with E-state index in [1.165, 1.54) is 0 Å². The van der Waals surface area contributed by atoms with E-state index in [4.69, 9.17) is 10.5 Å². The second kappa shape index (κ2) is 4.92. The van der Waals surface area contributed by atoms with Crippen molar-refractivity contribution >= 4 is 11.5 Å². The highest BCUT2D eigenvalue weighted by Gasteiger charge is 2.10. The molecule has 3 heteroatoms. The van der Waals surface area contributed by atoms with Crippen molar-refractivity contribution in [1.82, 2.24) is 0 Å². The van der Waals surface area contributed by atoms with Crippen LogP contribution >= 0.6 is 0 Å². The van der Waals surface area contributed by atoms with E-state index in [9.17, 15) is 4.79 Å². The van der Waals surface area contributed by atoms with Crippen LogP contribution in [-0.2, 0) is 0 Å². The topological polar surface area (TPSA) is 52.3 Å². The smallest absolute Gasteiger partial charge is 0.193 e. The van der Waals surface area contributed by atoms with Gasteiger partial charge in [0.05, 0.1) is 7.11 Å². The first kappa shape index (κ1) is 12.2. The van der Waals surface area contributed by atoms with E-state index in [2.05, 4.69) is 0 Å². The lowest BCUT2D eigenvalue weighted by Gasteiger charge is -2.07. The fourth-order valence-electron chi connectivity index (χ4n) is 1.87. The zero-order chi connectivity index (χ0) is 13.1. The van der Waals surface area contributed by atoms with Crippen LogP contribution in [-0.4, -0.2) is 12.9 Å². The molecule has 0 atom stereocenters. The minimum atomic E-state index is -0.0342. The van der Waals surface area contributed by atoms with Crippen molar-refractivity contribution < 1.29 is 9.53 Å². The summed E-state index contributed by atoms with van der Waals surface area (Å²) < 4.78 is 5.17. The number of hydrogen-bond acceptors (Lipinski definition) is 3. The molecule has 0 heterocycles. The molecular formula is C15H15NO2. The summed E-state index contributed by atoms with van der Waals surface area (Å²) in [5, 5.41) is 0. The highest BCUT2D eigenvalue weighted by Crippen LogP contribution is 2.21. The molecule has 3 nitrogen and oxygen atoms in total. The first-order valence-corrected chi connectivity index (χ1v) is 5.66. The van der Waals surface area contributed by atoms with Gasteiger partial charge in [-0.15, -0.1) is 0 Å². The maximum atomic E-state index is 12.3. The Morgan fingerprint density at radius 3 is 2.44 bits per heavy atom. The van der Waals surface area contributed by atoms with E-state index >= 15 is 0 Å². The summed E-state index contributed by atoms with van der Waals surface area (Å²) in [7, 11) is 1.61. The van der Waals surface area contributed by atoms with Crippen LogP contribution in [0.3, 0.4) is 0 Å². The molecule has 92 valence electrons. The molecule has 0 amide bonds. The normalized spacial score (nSPS) is 10.1. The third-order valence-electron chi connectivity index (χ3n) is 2.81. The number of carbonyl (C=O) groups excluding carboxylic acids is 1.